The molecule has 2 nitrogen and oxygen atoms in total. The number of benzene rings is 1. The molecule has 21 heavy (non-hydrogen) atoms. The minimum absolute atomic E-state index is 0.245. The Bertz CT molecular complexity index is 502. The van der Waals surface area contributed by atoms with Crippen molar-refractivity contribution >= 4 is 0 Å². The Kier molecular flexibility index (Phi) is 3.87. The van der Waals surface area contributed by atoms with Crippen molar-refractivity contribution in [1.29, 1.82) is 0 Å². The summed E-state index contributed by atoms with van der Waals surface area (Å²) in [4.78, 5) is 0. The molecule has 1 saturated carbocycles. The summed E-state index contributed by atoms with van der Waals surface area (Å²) in [6, 6.07) is 8.65. The Morgan fingerprint density at radius 2 is 1.86 bits per heavy atom. The maximum atomic E-state index is 11.7. The van der Waals surface area contributed by atoms with Crippen LogP contribution >= 0.6 is 0 Å². The number of hydrogen-bond acceptors (Lipinski definition) is 2. The lowest BCUT2D eigenvalue weighted by atomic mass is 9.54. The molecule has 0 amide bonds. The van der Waals surface area contributed by atoms with Gasteiger partial charge in [0.05, 0.1) is 5.60 Å². The summed E-state index contributed by atoms with van der Waals surface area (Å²) in [7, 11) is 0. The highest BCUT2D eigenvalue weighted by atomic mass is 16.3. The van der Waals surface area contributed by atoms with Crippen LogP contribution in [0.2, 0.25) is 0 Å². The molecular weight excluding hydrogens is 258 g/mol. The van der Waals surface area contributed by atoms with Crippen LogP contribution in [-0.4, -0.2) is 17.3 Å². The lowest BCUT2D eigenvalue weighted by Crippen LogP contribution is -2.60. The highest BCUT2D eigenvalue weighted by molar-refractivity contribution is 5.40. The predicted molar refractivity (Wildman–Crippen MR) is 87.2 cm³/mol. The molecule has 0 bridgehead atoms. The fourth-order valence-electron chi connectivity index (χ4n) is 5.29. The van der Waals surface area contributed by atoms with Crippen molar-refractivity contribution in [3.8, 4) is 0 Å². The summed E-state index contributed by atoms with van der Waals surface area (Å²) in [5.74, 6) is 1.16. The van der Waals surface area contributed by atoms with Gasteiger partial charge in [-0.05, 0) is 61.5 Å². The lowest BCUT2D eigenvalue weighted by Gasteiger charge is -2.54. The first kappa shape index (κ1) is 15.1. The quantitative estimate of drug-likeness (QED) is 0.875. The van der Waals surface area contributed by atoms with Crippen LogP contribution in [0.25, 0.3) is 0 Å². The zero-order valence-electron chi connectivity index (χ0n) is 13.4. The van der Waals surface area contributed by atoms with E-state index < -0.39 is 5.60 Å². The maximum Gasteiger partial charge on any atom is 0.0761 e. The molecule has 0 heterocycles. The van der Waals surface area contributed by atoms with Gasteiger partial charge in [-0.15, -0.1) is 0 Å². The van der Waals surface area contributed by atoms with Crippen LogP contribution in [0, 0.1) is 11.8 Å². The van der Waals surface area contributed by atoms with E-state index >= 15 is 0 Å². The molecule has 0 saturated heterocycles. The average molecular weight is 287 g/mol. The topological polar surface area (TPSA) is 46.2 Å². The molecular formula is C19H29NO. The second kappa shape index (κ2) is 5.40. The Morgan fingerprint density at radius 1 is 1.19 bits per heavy atom. The van der Waals surface area contributed by atoms with Crippen molar-refractivity contribution in [2.45, 2.75) is 63.4 Å². The zero-order chi connectivity index (χ0) is 15.1. The van der Waals surface area contributed by atoms with Crippen molar-refractivity contribution < 1.29 is 5.11 Å². The minimum Gasteiger partial charge on any atom is -0.389 e. The largest absolute Gasteiger partial charge is 0.389 e. The van der Waals surface area contributed by atoms with E-state index in [0.717, 1.165) is 32.1 Å². The predicted octanol–water partition coefficient (Wildman–Crippen LogP) is 3.41. The maximum absolute atomic E-state index is 11.7. The monoisotopic (exact) mass is 287 g/mol. The normalized spacial score (nSPS) is 39.8. The molecule has 1 aromatic carbocycles. The van der Waals surface area contributed by atoms with Gasteiger partial charge in [-0.1, -0.05) is 38.1 Å². The molecule has 0 radical (unpaired) electrons. The van der Waals surface area contributed by atoms with Crippen LogP contribution < -0.4 is 5.73 Å². The van der Waals surface area contributed by atoms with Crippen LogP contribution in [0.3, 0.4) is 0 Å². The Hall–Kier alpha value is -0.860. The molecule has 3 unspecified atom stereocenters. The number of rotatable bonds is 2. The summed E-state index contributed by atoms with van der Waals surface area (Å²) in [6.07, 6.45) is 6.30. The first-order valence-corrected chi connectivity index (χ1v) is 8.51. The Balaban J connectivity index is 2.09. The summed E-state index contributed by atoms with van der Waals surface area (Å²) in [5.41, 5.74) is 8.13. The van der Waals surface area contributed by atoms with Crippen LogP contribution in [0.1, 0.15) is 57.1 Å². The van der Waals surface area contributed by atoms with E-state index in [1.54, 1.807) is 0 Å². The average Bonchev–Trinajstić information content (AvgIpc) is 2.45. The molecule has 3 atom stereocenters. The molecule has 0 aromatic heterocycles. The van der Waals surface area contributed by atoms with Crippen molar-refractivity contribution in [3.05, 3.63) is 35.4 Å². The molecule has 3 rings (SSSR count). The Morgan fingerprint density at radius 3 is 2.52 bits per heavy atom. The van der Waals surface area contributed by atoms with Crippen molar-refractivity contribution in [1.82, 2.24) is 0 Å². The fraction of sp³-hybridized carbons (Fsp3) is 0.684. The van der Waals surface area contributed by atoms with E-state index in [9.17, 15) is 5.11 Å². The lowest BCUT2D eigenvalue weighted by molar-refractivity contribution is -0.0978. The summed E-state index contributed by atoms with van der Waals surface area (Å²) >= 11 is 0. The van der Waals surface area contributed by atoms with Gasteiger partial charge in [0, 0.05) is 12.0 Å². The summed E-state index contributed by atoms with van der Waals surface area (Å²) < 4.78 is 0. The number of aryl methyl sites for hydroxylation is 1. The Labute approximate surface area is 128 Å². The van der Waals surface area contributed by atoms with Crippen molar-refractivity contribution in [2.75, 3.05) is 6.54 Å². The van der Waals surface area contributed by atoms with Gasteiger partial charge in [-0.3, -0.25) is 0 Å². The van der Waals surface area contributed by atoms with Gasteiger partial charge in [-0.2, -0.15) is 0 Å². The van der Waals surface area contributed by atoms with Crippen molar-refractivity contribution in [3.63, 3.8) is 0 Å². The van der Waals surface area contributed by atoms with Gasteiger partial charge in [-0.25, -0.2) is 0 Å². The van der Waals surface area contributed by atoms with Crippen molar-refractivity contribution in [2.24, 2.45) is 17.6 Å². The third-order valence-corrected chi connectivity index (χ3v) is 6.00. The number of nitrogens with two attached hydrogens (primary N) is 1. The van der Waals surface area contributed by atoms with E-state index in [1.807, 2.05) is 0 Å². The van der Waals surface area contributed by atoms with Gasteiger partial charge >= 0.3 is 0 Å². The van der Waals surface area contributed by atoms with Gasteiger partial charge in [0.15, 0.2) is 0 Å². The summed E-state index contributed by atoms with van der Waals surface area (Å²) in [6.45, 7) is 5.11. The first-order chi connectivity index (χ1) is 10.0. The molecule has 2 aliphatic rings. The van der Waals surface area contributed by atoms with E-state index in [0.29, 0.717) is 18.4 Å². The number of hydrogen-bond donors (Lipinski definition) is 2. The minimum atomic E-state index is -0.643. The standard InChI is InChI=1S/C19H29NO/c1-14-10-15(2)12-19(21,11-14)18(13-20)9-5-7-16-6-3-4-8-17(16)18/h3-4,6,8,14-15,21H,5,7,9-13,20H2,1-2H3. The third kappa shape index (κ3) is 2.33. The van der Waals surface area contributed by atoms with Crippen LogP contribution in [-0.2, 0) is 11.8 Å². The molecule has 0 spiro atoms. The van der Waals surface area contributed by atoms with E-state index in [2.05, 4.69) is 38.1 Å². The smallest absolute Gasteiger partial charge is 0.0761 e. The molecule has 116 valence electrons. The van der Waals surface area contributed by atoms with E-state index in [4.69, 9.17) is 5.73 Å². The number of aliphatic hydroxyl groups is 1. The fourth-order valence-corrected chi connectivity index (χ4v) is 5.29. The number of fused-ring (bicyclic) bond motifs is 1. The second-order valence-electron chi connectivity index (χ2n) is 7.68. The van der Waals surface area contributed by atoms with Crippen LogP contribution in [0.15, 0.2) is 24.3 Å². The van der Waals surface area contributed by atoms with Crippen LogP contribution in [0.4, 0.5) is 0 Å². The first-order valence-electron chi connectivity index (χ1n) is 8.51. The highest BCUT2D eigenvalue weighted by Crippen LogP contribution is 2.52. The van der Waals surface area contributed by atoms with Gasteiger partial charge < -0.3 is 10.8 Å². The highest BCUT2D eigenvalue weighted by Gasteiger charge is 2.54. The molecule has 1 aromatic rings. The third-order valence-electron chi connectivity index (χ3n) is 6.00. The molecule has 1 fully saturated rings. The summed E-state index contributed by atoms with van der Waals surface area (Å²) in [5, 5.41) is 11.7. The molecule has 2 heteroatoms. The molecule has 2 aliphatic carbocycles. The molecule has 0 aliphatic heterocycles. The molecule has 3 N–H and O–H groups in total. The SMILES string of the molecule is CC1CC(C)CC(O)(C2(CN)CCCc3ccccc32)C1. The second-order valence-corrected chi connectivity index (χ2v) is 7.68. The van der Waals surface area contributed by atoms with Gasteiger partial charge in [0.25, 0.3) is 0 Å². The van der Waals surface area contributed by atoms with E-state index in [1.165, 1.54) is 17.5 Å². The zero-order valence-corrected chi connectivity index (χ0v) is 13.4. The van der Waals surface area contributed by atoms with E-state index in [-0.39, 0.29) is 5.41 Å². The van der Waals surface area contributed by atoms with Gasteiger partial charge in [0.1, 0.15) is 0 Å². The van der Waals surface area contributed by atoms with Crippen LogP contribution in [0.5, 0.6) is 0 Å². The van der Waals surface area contributed by atoms with Gasteiger partial charge in [0.2, 0.25) is 0 Å².